The Balaban J connectivity index is 1.39. The first-order valence-electron chi connectivity index (χ1n) is 9.32. The van der Waals surface area contributed by atoms with Crippen molar-refractivity contribution in [1.29, 1.82) is 0 Å². The zero-order valence-corrected chi connectivity index (χ0v) is 17.1. The molecule has 1 N–H and O–H groups in total. The summed E-state index contributed by atoms with van der Waals surface area (Å²) in [7, 11) is -3.99. The van der Waals surface area contributed by atoms with Crippen molar-refractivity contribution in [3.63, 3.8) is 0 Å². The topological polar surface area (TPSA) is 98.5 Å². The Kier molecular flexibility index (Phi) is 5.80. The van der Waals surface area contributed by atoms with Gasteiger partial charge in [0, 0.05) is 18.2 Å². The van der Waals surface area contributed by atoms with Crippen molar-refractivity contribution in [2.45, 2.75) is 11.1 Å². The molecular weight excluding hydrogens is 447 g/mol. The number of alkyl halides is 3. The fraction of sp³-hybridized carbons (Fsp3) is 0.150. The normalized spacial score (nSPS) is 12.2. The van der Waals surface area contributed by atoms with Gasteiger partial charge in [0.2, 0.25) is 15.9 Å². The predicted octanol–water partition coefficient (Wildman–Crippen LogP) is 3.17. The lowest BCUT2D eigenvalue weighted by Crippen LogP contribution is -2.28. The molecule has 0 amide bonds. The van der Waals surface area contributed by atoms with Crippen LogP contribution in [0.15, 0.2) is 71.6 Å². The fourth-order valence-corrected chi connectivity index (χ4v) is 3.87. The molecule has 0 aliphatic heterocycles. The molecule has 0 atom stereocenters. The average Bonchev–Trinajstić information content (AvgIpc) is 3.20. The van der Waals surface area contributed by atoms with Gasteiger partial charge < -0.3 is 4.74 Å². The summed E-state index contributed by atoms with van der Waals surface area (Å²) in [4.78, 5) is -0.276. The molecule has 2 heterocycles. The Morgan fingerprint density at radius 2 is 1.66 bits per heavy atom. The molecule has 4 aromatic rings. The molecule has 2 aromatic carbocycles. The average molecular weight is 463 g/mol. The van der Waals surface area contributed by atoms with Crippen LogP contribution in [0.3, 0.4) is 0 Å². The van der Waals surface area contributed by atoms with Crippen molar-refractivity contribution in [2.24, 2.45) is 0 Å². The SMILES string of the molecule is O=S(=O)(NCCOc1ccc2nnc(-c3ccccc3)n2n1)c1ccc(C(F)(F)F)cc1. The van der Waals surface area contributed by atoms with Gasteiger partial charge in [-0.2, -0.15) is 17.7 Å². The van der Waals surface area contributed by atoms with E-state index in [4.69, 9.17) is 4.74 Å². The maximum absolute atomic E-state index is 12.6. The second-order valence-corrected chi connectivity index (χ2v) is 8.37. The third-order valence-electron chi connectivity index (χ3n) is 4.41. The number of nitrogens with zero attached hydrogens (tertiary/aromatic N) is 4. The van der Waals surface area contributed by atoms with E-state index in [1.807, 2.05) is 30.3 Å². The first-order chi connectivity index (χ1) is 15.2. The zero-order chi connectivity index (χ0) is 22.8. The fourth-order valence-electron chi connectivity index (χ4n) is 2.85. The Labute approximate surface area is 180 Å². The molecule has 0 radical (unpaired) electrons. The predicted molar refractivity (Wildman–Crippen MR) is 108 cm³/mol. The van der Waals surface area contributed by atoms with Gasteiger partial charge >= 0.3 is 6.18 Å². The van der Waals surface area contributed by atoms with Gasteiger partial charge in [-0.3, -0.25) is 0 Å². The number of nitrogens with one attached hydrogen (secondary N) is 1. The number of ether oxygens (including phenoxy) is 1. The minimum atomic E-state index is -4.54. The molecule has 0 spiro atoms. The Bertz CT molecular complexity index is 1320. The third-order valence-corrected chi connectivity index (χ3v) is 5.88. The van der Waals surface area contributed by atoms with Crippen molar-refractivity contribution in [1.82, 2.24) is 24.5 Å². The molecule has 0 aliphatic carbocycles. The molecule has 12 heteroatoms. The number of rotatable bonds is 7. The molecule has 4 rings (SSSR count). The monoisotopic (exact) mass is 463 g/mol. The van der Waals surface area contributed by atoms with E-state index in [1.165, 1.54) is 4.52 Å². The smallest absolute Gasteiger partial charge is 0.416 e. The maximum Gasteiger partial charge on any atom is 0.416 e. The van der Waals surface area contributed by atoms with Crippen molar-refractivity contribution in [3.05, 3.63) is 72.3 Å². The van der Waals surface area contributed by atoms with Crippen LogP contribution in [0.25, 0.3) is 17.0 Å². The summed E-state index contributed by atoms with van der Waals surface area (Å²) in [5, 5.41) is 12.5. The molecule has 166 valence electrons. The van der Waals surface area contributed by atoms with Gasteiger partial charge in [-0.05, 0) is 30.3 Å². The Hall–Kier alpha value is -3.51. The lowest BCUT2D eigenvalue weighted by Gasteiger charge is -2.10. The third kappa shape index (κ3) is 4.70. The number of sulfonamides is 1. The molecule has 8 nitrogen and oxygen atoms in total. The lowest BCUT2D eigenvalue weighted by molar-refractivity contribution is -0.137. The molecule has 32 heavy (non-hydrogen) atoms. The van der Waals surface area contributed by atoms with E-state index in [9.17, 15) is 21.6 Å². The second kappa shape index (κ2) is 8.55. The van der Waals surface area contributed by atoms with Crippen LogP contribution in [0, 0.1) is 0 Å². The van der Waals surface area contributed by atoms with E-state index in [0.29, 0.717) is 23.6 Å². The van der Waals surface area contributed by atoms with Gasteiger partial charge in [-0.1, -0.05) is 30.3 Å². The molecule has 0 aliphatic rings. The van der Waals surface area contributed by atoms with Crippen LogP contribution in [0.4, 0.5) is 13.2 Å². The van der Waals surface area contributed by atoms with E-state index < -0.39 is 21.8 Å². The van der Waals surface area contributed by atoms with Gasteiger partial charge in [0.25, 0.3) is 0 Å². The summed E-state index contributed by atoms with van der Waals surface area (Å²) in [6, 6.07) is 15.8. The van der Waals surface area contributed by atoms with Crippen LogP contribution < -0.4 is 9.46 Å². The summed E-state index contributed by atoms with van der Waals surface area (Å²) >= 11 is 0. The highest BCUT2D eigenvalue weighted by Gasteiger charge is 2.30. The first kappa shape index (κ1) is 21.7. The van der Waals surface area contributed by atoms with E-state index in [-0.39, 0.29) is 23.9 Å². The minimum Gasteiger partial charge on any atom is -0.475 e. The van der Waals surface area contributed by atoms with E-state index in [1.54, 1.807) is 12.1 Å². The summed E-state index contributed by atoms with van der Waals surface area (Å²) < 4.78 is 71.7. The Morgan fingerprint density at radius 3 is 2.34 bits per heavy atom. The van der Waals surface area contributed by atoms with Crippen LogP contribution in [0.2, 0.25) is 0 Å². The number of aromatic nitrogens is 4. The zero-order valence-electron chi connectivity index (χ0n) is 16.3. The molecule has 0 bridgehead atoms. The molecule has 0 fully saturated rings. The minimum absolute atomic E-state index is 0.0544. The highest BCUT2D eigenvalue weighted by Crippen LogP contribution is 2.29. The van der Waals surface area contributed by atoms with Gasteiger partial charge in [-0.25, -0.2) is 13.1 Å². The van der Waals surface area contributed by atoms with Gasteiger partial charge in [0.05, 0.1) is 10.5 Å². The van der Waals surface area contributed by atoms with Gasteiger partial charge in [0.1, 0.15) is 6.61 Å². The molecule has 0 unspecified atom stereocenters. The first-order valence-corrected chi connectivity index (χ1v) is 10.8. The van der Waals surface area contributed by atoms with Crippen LogP contribution >= 0.6 is 0 Å². The second-order valence-electron chi connectivity index (χ2n) is 6.60. The number of halogens is 3. The van der Waals surface area contributed by atoms with E-state index in [2.05, 4.69) is 20.0 Å². The highest BCUT2D eigenvalue weighted by atomic mass is 32.2. The lowest BCUT2D eigenvalue weighted by atomic mass is 10.2. The van der Waals surface area contributed by atoms with Crippen LogP contribution in [0.1, 0.15) is 5.56 Å². The molecular formula is C20H16F3N5O3S. The largest absolute Gasteiger partial charge is 0.475 e. The molecule has 0 saturated heterocycles. The highest BCUT2D eigenvalue weighted by molar-refractivity contribution is 7.89. The van der Waals surface area contributed by atoms with Crippen molar-refractivity contribution >= 4 is 15.7 Å². The molecule has 2 aromatic heterocycles. The quantitative estimate of drug-likeness (QED) is 0.423. The summed E-state index contributed by atoms with van der Waals surface area (Å²) in [5.41, 5.74) is 0.401. The standard InChI is InChI=1S/C20H16F3N5O3S/c21-20(22,23)15-6-8-16(9-7-15)32(29,30)24-12-13-31-18-11-10-17-25-26-19(28(17)27-18)14-4-2-1-3-5-14/h1-11,24H,12-13H2. The molecule has 0 saturated carbocycles. The van der Waals surface area contributed by atoms with Crippen molar-refractivity contribution < 1.29 is 26.3 Å². The van der Waals surface area contributed by atoms with Gasteiger partial charge in [0.15, 0.2) is 11.5 Å². The van der Waals surface area contributed by atoms with Crippen LogP contribution in [-0.2, 0) is 16.2 Å². The number of hydrogen-bond acceptors (Lipinski definition) is 6. The summed E-state index contributed by atoms with van der Waals surface area (Å²) in [6.45, 7) is -0.169. The van der Waals surface area contributed by atoms with Crippen LogP contribution in [-0.4, -0.2) is 41.4 Å². The van der Waals surface area contributed by atoms with Crippen molar-refractivity contribution in [2.75, 3.05) is 13.2 Å². The number of benzene rings is 2. The maximum atomic E-state index is 12.6. The van der Waals surface area contributed by atoms with E-state index >= 15 is 0 Å². The van der Waals surface area contributed by atoms with Gasteiger partial charge in [-0.15, -0.1) is 15.3 Å². The number of hydrogen-bond donors (Lipinski definition) is 1. The van der Waals surface area contributed by atoms with E-state index in [0.717, 1.165) is 17.7 Å². The van der Waals surface area contributed by atoms with Crippen LogP contribution in [0.5, 0.6) is 5.88 Å². The Morgan fingerprint density at radius 1 is 0.938 bits per heavy atom. The van der Waals surface area contributed by atoms with Crippen molar-refractivity contribution in [3.8, 4) is 17.3 Å². The summed E-state index contributed by atoms with van der Waals surface area (Å²) in [5.74, 6) is 0.747. The summed E-state index contributed by atoms with van der Waals surface area (Å²) in [6.07, 6.45) is -4.54. The number of fused-ring (bicyclic) bond motifs is 1.